The predicted molar refractivity (Wildman–Crippen MR) is 118 cm³/mol. The highest BCUT2D eigenvalue weighted by molar-refractivity contribution is 5.98. The molecule has 0 saturated heterocycles. The molecular weight excluding hydrogens is 394 g/mol. The summed E-state index contributed by atoms with van der Waals surface area (Å²) in [5.41, 5.74) is 4.34. The van der Waals surface area contributed by atoms with Gasteiger partial charge in [0.2, 0.25) is 11.7 Å². The molecule has 0 fully saturated rings. The number of nitrogens with one attached hydrogen (secondary N) is 1. The second-order valence-electron chi connectivity index (χ2n) is 7.53. The lowest BCUT2D eigenvalue weighted by molar-refractivity contribution is 0.0962. The van der Waals surface area contributed by atoms with Gasteiger partial charge in [0.15, 0.2) is 17.3 Å². The van der Waals surface area contributed by atoms with E-state index in [0.717, 1.165) is 16.9 Å². The van der Waals surface area contributed by atoms with Gasteiger partial charge in [-0.2, -0.15) is 0 Å². The number of hydrogen-bond donors (Lipinski definition) is 1. The van der Waals surface area contributed by atoms with Crippen molar-refractivity contribution >= 4 is 17.4 Å². The van der Waals surface area contributed by atoms with Crippen LogP contribution in [-0.2, 0) is 6.42 Å². The van der Waals surface area contributed by atoms with E-state index in [0.29, 0.717) is 41.6 Å². The molecule has 31 heavy (non-hydrogen) atoms. The maximum Gasteiger partial charge on any atom is 0.227 e. The molecule has 1 atom stereocenters. The molecule has 0 spiro atoms. The molecule has 160 valence electrons. The molecule has 0 radical (unpaired) electrons. The first kappa shape index (κ1) is 20.7. The van der Waals surface area contributed by atoms with E-state index in [9.17, 15) is 4.79 Å². The summed E-state index contributed by atoms with van der Waals surface area (Å²) in [6.07, 6.45) is 2.61. The lowest BCUT2D eigenvalue weighted by atomic mass is 9.82. The van der Waals surface area contributed by atoms with E-state index in [1.54, 1.807) is 27.5 Å². The second-order valence-corrected chi connectivity index (χ2v) is 7.53. The molecule has 0 aliphatic heterocycles. The van der Waals surface area contributed by atoms with E-state index < -0.39 is 0 Å². The summed E-state index contributed by atoms with van der Waals surface area (Å²) in [7, 11) is 4.73. The van der Waals surface area contributed by atoms with Gasteiger partial charge in [0.05, 0.1) is 32.6 Å². The molecule has 1 aliphatic carbocycles. The molecule has 1 heterocycles. The minimum absolute atomic E-state index is 0.0295. The van der Waals surface area contributed by atoms with Crippen LogP contribution in [0.25, 0.3) is 0 Å². The quantitative estimate of drug-likeness (QED) is 0.631. The van der Waals surface area contributed by atoms with Crippen molar-refractivity contribution in [1.82, 2.24) is 9.97 Å². The van der Waals surface area contributed by atoms with Crippen LogP contribution in [-0.4, -0.2) is 37.1 Å². The summed E-state index contributed by atoms with van der Waals surface area (Å²) in [6.45, 7) is 2.04. The van der Waals surface area contributed by atoms with E-state index in [1.807, 2.05) is 43.3 Å². The van der Waals surface area contributed by atoms with Crippen LogP contribution in [0.4, 0.5) is 11.6 Å². The Morgan fingerprint density at radius 3 is 2.26 bits per heavy atom. The van der Waals surface area contributed by atoms with Crippen molar-refractivity contribution in [3.05, 3.63) is 65.0 Å². The number of aromatic nitrogens is 2. The van der Waals surface area contributed by atoms with Crippen molar-refractivity contribution in [2.24, 2.45) is 0 Å². The first-order chi connectivity index (χ1) is 15.0. The molecule has 1 aromatic heterocycles. The third kappa shape index (κ3) is 4.17. The number of ketones is 1. The van der Waals surface area contributed by atoms with Crippen molar-refractivity contribution < 1.29 is 19.0 Å². The highest BCUT2D eigenvalue weighted by Crippen LogP contribution is 2.42. The van der Waals surface area contributed by atoms with Crippen molar-refractivity contribution in [2.45, 2.75) is 25.7 Å². The zero-order chi connectivity index (χ0) is 22.0. The summed E-state index contributed by atoms with van der Waals surface area (Å²) in [5, 5.41) is 3.21. The summed E-state index contributed by atoms with van der Waals surface area (Å²) >= 11 is 0. The van der Waals surface area contributed by atoms with E-state index >= 15 is 0 Å². The third-order valence-electron chi connectivity index (χ3n) is 5.51. The first-order valence-corrected chi connectivity index (χ1v) is 10.0. The van der Waals surface area contributed by atoms with Crippen LogP contribution >= 0.6 is 0 Å². The zero-order valence-corrected chi connectivity index (χ0v) is 18.1. The Labute approximate surface area is 181 Å². The molecule has 2 aromatic carbocycles. The van der Waals surface area contributed by atoms with Crippen LogP contribution in [0.15, 0.2) is 42.6 Å². The second kappa shape index (κ2) is 8.63. The van der Waals surface area contributed by atoms with Gasteiger partial charge >= 0.3 is 0 Å². The standard InChI is InChI=1S/C24H25N3O4/c1-14-5-7-17(8-6-14)26-24-25-13-18-19(27-24)9-15(10-20(18)28)16-11-21(29-2)23(31-4)22(12-16)30-3/h5-8,11-13,15H,9-10H2,1-4H3,(H,25,26,27)/t15-/m0/s1. The van der Waals surface area contributed by atoms with E-state index in [2.05, 4.69) is 15.3 Å². The molecule has 0 bridgehead atoms. The Bertz CT molecular complexity index is 1090. The average Bonchev–Trinajstić information content (AvgIpc) is 2.79. The Kier molecular flexibility index (Phi) is 5.75. The summed E-state index contributed by atoms with van der Waals surface area (Å²) in [6, 6.07) is 11.8. The number of fused-ring (bicyclic) bond motifs is 1. The summed E-state index contributed by atoms with van der Waals surface area (Å²) in [5.74, 6) is 2.13. The number of aryl methyl sites for hydroxylation is 1. The normalized spacial score (nSPS) is 15.2. The Morgan fingerprint density at radius 2 is 1.65 bits per heavy atom. The minimum atomic E-state index is -0.0455. The highest BCUT2D eigenvalue weighted by atomic mass is 16.5. The van der Waals surface area contributed by atoms with Gasteiger partial charge < -0.3 is 19.5 Å². The van der Waals surface area contributed by atoms with Gasteiger partial charge in [0, 0.05) is 18.3 Å². The van der Waals surface area contributed by atoms with Crippen molar-refractivity contribution in [1.29, 1.82) is 0 Å². The molecular formula is C24H25N3O4. The summed E-state index contributed by atoms with van der Waals surface area (Å²) < 4.78 is 16.4. The molecule has 4 rings (SSSR count). The van der Waals surface area contributed by atoms with Gasteiger partial charge in [-0.05, 0) is 49.1 Å². The van der Waals surface area contributed by atoms with Crippen LogP contribution < -0.4 is 19.5 Å². The number of carbonyl (C=O) groups is 1. The van der Waals surface area contributed by atoms with Gasteiger partial charge in [-0.3, -0.25) is 4.79 Å². The Hall–Kier alpha value is -3.61. The van der Waals surface area contributed by atoms with Crippen LogP contribution in [0.3, 0.4) is 0 Å². The predicted octanol–water partition coefficient (Wildman–Crippen LogP) is 4.47. The molecule has 3 aromatic rings. The average molecular weight is 419 g/mol. The fraction of sp³-hybridized carbons (Fsp3) is 0.292. The van der Waals surface area contributed by atoms with Gasteiger partial charge in [0.25, 0.3) is 0 Å². The maximum atomic E-state index is 12.8. The fourth-order valence-corrected chi connectivity index (χ4v) is 3.84. The number of methoxy groups -OCH3 is 3. The Morgan fingerprint density at radius 1 is 0.968 bits per heavy atom. The van der Waals surface area contributed by atoms with E-state index in [1.165, 1.54) is 5.56 Å². The van der Waals surface area contributed by atoms with Gasteiger partial charge in [-0.25, -0.2) is 9.97 Å². The Balaban J connectivity index is 1.64. The molecule has 7 nitrogen and oxygen atoms in total. The number of Topliss-reactive ketones (excluding diaryl/α,β-unsaturated/α-hetero) is 1. The number of ether oxygens (including phenoxy) is 3. The van der Waals surface area contributed by atoms with Crippen molar-refractivity contribution in [3.63, 3.8) is 0 Å². The van der Waals surface area contributed by atoms with E-state index in [4.69, 9.17) is 14.2 Å². The number of hydrogen-bond acceptors (Lipinski definition) is 7. The van der Waals surface area contributed by atoms with Gasteiger partial charge in [-0.15, -0.1) is 0 Å². The summed E-state index contributed by atoms with van der Waals surface area (Å²) in [4.78, 5) is 21.8. The minimum Gasteiger partial charge on any atom is -0.493 e. The van der Waals surface area contributed by atoms with E-state index in [-0.39, 0.29) is 11.7 Å². The number of rotatable bonds is 6. The first-order valence-electron chi connectivity index (χ1n) is 10.0. The smallest absolute Gasteiger partial charge is 0.227 e. The number of benzene rings is 2. The molecule has 7 heteroatoms. The molecule has 0 unspecified atom stereocenters. The fourth-order valence-electron chi connectivity index (χ4n) is 3.84. The lowest BCUT2D eigenvalue weighted by Gasteiger charge is -2.24. The molecule has 0 amide bonds. The van der Waals surface area contributed by atoms with Crippen molar-refractivity contribution in [3.8, 4) is 17.2 Å². The molecule has 0 saturated carbocycles. The topological polar surface area (TPSA) is 82.6 Å². The van der Waals surface area contributed by atoms with Gasteiger partial charge in [0.1, 0.15) is 0 Å². The van der Waals surface area contributed by atoms with Crippen LogP contribution in [0, 0.1) is 6.92 Å². The third-order valence-corrected chi connectivity index (χ3v) is 5.51. The largest absolute Gasteiger partial charge is 0.493 e. The number of carbonyl (C=O) groups excluding carboxylic acids is 1. The zero-order valence-electron chi connectivity index (χ0n) is 18.1. The van der Waals surface area contributed by atoms with Crippen LogP contribution in [0.5, 0.6) is 17.2 Å². The monoisotopic (exact) mass is 419 g/mol. The maximum absolute atomic E-state index is 12.8. The molecule has 1 N–H and O–H groups in total. The van der Waals surface area contributed by atoms with Crippen LogP contribution in [0.1, 0.15) is 39.5 Å². The number of anilines is 2. The SMILES string of the molecule is COc1cc([C@@H]2CC(=O)c3cnc(Nc4ccc(C)cc4)nc3C2)cc(OC)c1OC. The van der Waals surface area contributed by atoms with Gasteiger partial charge in [-0.1, -0.05) is 17.7 Å². The highest BCUT2D eigenvalue weighted by Gasteiger charge is 2.29. The lowest BCUT2D eigenvalue weighted by Crippen LogP contribution is -2.21. The van der Waals surface area contributed by atoms with Crippen LogP contribution in [0.2, 0.25) is 0 Å². The molecule has 1 aliphatic rings. The van der Waals surface area contributed by atoms with Crippen molar-refractivity contribution in [2.75, 3.05) is 26.6 Å². The number of nitrogens with zero attached hydrogens (tertiary/aromatic N) is 2.